The molecular formula is C13H21N3O3S. The van der Waals surface area contributed by atoms with E-state index in [2.05, 4.69) is 26.9 Å². The van der Waals surface area contributed by atoms with Gasteiger partial charge in [0, 0.05) is 19.2 Å². The van der Waals surface area contributed by atoms with Crippen molar-refractivity contribution in [1.82, 2.24) is 9.97 Å². The highest BCUT2D eigenvalue weighted by atomic mass is 32.2. The fraction of sp³-hybridized carbons (Fsp3) is 0.615. The maximum atomic E-state index is 11.2. The number of carbonyl (C=O) groups is 1. The number of methoxy groups -OCH3 is 1. The molecule has 112 valence electrons. The summed E-state index contributed by atoms with van der Waals surface area (Å²) in [6.45, 7) is 5.82. The van der Waals surface area contributed by atoms with Crippen molar-refractivity contribution in [3.8, 4) is 0 Å². The summed E-state index contributed by atoms with van der Waals surface area (Å²) in [4.78, 5) is 19.9. The maximum Gasteiger partial charge on any atom is 0.316 e. The van der Waals surface area contributed by atoms with Gasteiger partial charge < -0.3 is 14.8 Å². The molecule has 0 unspecified atom stereocenters. The van der Waals surface area contributed by atoms with Crippen molar-refractivity contribution < 1.29 is 14.3 Å². The average Bonchev–Trinajstić information content (AvgIpc) is 2.48. The van der Waals surface area contributed by atoms with Crippen LogP contribution in [0.3, 0.4) is 0 Å². The SMILES string of the molecule is CCCNc1cc(SCC(=O)OC)nc(COCC)n1. The number of ether oxygens (including phenoxy) is 2. The van der Waals surface area contributed by atoms with E-state index in [1.165, 1.54) is 18.9 Å². The molecule has 20 heavy (non-hydrogen) atoms. The van der Waals surface area contributed by atoms with Crippen LogP contribution in [0.5, 0.6) is 0 Å². The van der Waals surface area contributed by atoms with E-state index in [1.807, 2.05) is 13.0 Å². The van der Waals surface area contributed by atoms with E-state index in [-0.39, 0.29) is 11.7 Å². The van der Waals surface area contributed by atoms with E-state index in [4.69, 9.17) is 4.74 Å². The molecule has 1 aromatic rings. The van der Waals surface area contributed by atoms with Gasteiger partial charge >= 0.3 is 5.97 Å². The molecule has 0 bridgehead atoms. The standard InChI is InChI=1S/C13H21N3O3S/c1-4-6-14-10-7-12(20-9-13(17)18-3)16-11(15-10)8-19-5-2/h7H,4-6,8-9H2,1-3H3,(H,14,15,16). The van der Waals surface area contributed by atoms with Gasteiger partial charge in [-0.1, -0.05) is 18.7 Å². The van der Waals surface area contributed by atoms with E-state index in [0.717, 1.165) is 23.8 Å². The molecular weight excluding hydrogens is 278 g/mol. The van der Waals surface area contributed by atoms with Gasteiger partial charge in [-0.3, -0.25) is 4.79 Å². The molecule has 0 aromatic carbocycles. The van der Waals surface area contributed by atoms with Gasteiger partial charge in [0.05, 0.1) is 12.9 Å². The first-order valence-corrected chi connectivity index (χ1v) is 7.57. The molecule has 1 aromatic heterocycles. The van der Waals surface area contributed by atoms with Crippen LogP contribution in [-0.4, -0.2) is 42.0 Å². The molecule has 0 radical (unpaired) electrons. The van der Waals surface area contributed by atoms with Gasteiger partial charge in [-0.05, 0) is 13.3 Å². The monoisotopic (exact) mass is 299 g/mol. The number of nitrogens with zero attached hydrogens (tertiary/aromatic N) is 2. The minimum Gasteiger partial charge on any atom is -0.468 e. The molecule has 1 rings (SSSR count). The zero-order valence-corrected chi connectivity index (χ0v) is 13.0. The summed E-state index contributed by atoms with van der Waals surface area (Å²) in [7, 11) is 1.37. The second-order valence-electron chi connectivity index (χ2n) is 3.94. The van der Waals surface area contributed by atoms with Crippen LogP contribution in [0.15, 0.2) is 11.1 Å². The first-order valence-electron chi connectivity index (χ1n) is 6.58. The largest absolute Gasteiger partial charge is 0.468 e. The summed E-state index contributed by atoms with van der Waals surface area (Å²) in [5.74, 6) is 1.32. The highest BCUT2D eigenvalue weighted by molar-refractivity contribution is 7.99. The molecule has 0 atom stereocenters. The first kappa shape index (κ1) is 16.7. The van der Waals surface area contributed by atoms with Gasteiger partial charge in [0.2, 0.25) is 0 Å². The summed E-state index contributed by atoms with van der Waals surface area (Å²) in [5, 5.41) is 3.95. The molecule has 7 heteroatoms. The lowest BCUT2D eigenvalue weighted by atomic mass is 10.4. The van der Waals surface area contributed by atoms with Gasteiger partial charge in [-0.2, -0.15) is 0 Å². The van der Waals surface area contributed by atoms with Crippen molar-refractivity contribution in [3.05, 3.63) is 11.9 Å². The number of carbonyl (C=O) groups excluding carboxylic acids is 1. The Morgan fingerprint density at radius 2 is 2.20 bits per heavy atom. The zero-order chi connectivity index (χ0) is 14.8. The first-order chi connectivity index (χ1) is 9.69. The number of aromatic nitrogens is 2. The number of hydrogen-bond acceptors (Lipinski definition) is 7. The Hall–Kier alpha value is -1.34. The van der Waals surface area contributed by atoms with Crippen LogP contribution in [0.2, 0.25) is 0 Å². The Morgan fingerprint density at radius 3 is 2.85 bits per heavy atom. The molecule has 0 saturated heterocycles. The van der Waals surface area contributed by atoms with Crippen molar-refractivity contribution in [3.63, 3.8) is 0 Å². The number of thioether (sulfide) groups is 1. The number of anilines is 1. The highest BCUT2D eigenvalue weighted by Gasteiger charge is 2.08. The van der Waals surface area contributed by atoms with E-state index >= 15 is 0 Å². The van der Waals surface area contributed by atoms with Gasteiger partial charge in [0.25, 0.3) is 0 Å². The molecule has 0 spiro atoms. The molecule has 0 aliphatic rings. The van der Waals surface area contributed by atoms with Crippen LogP contribution in [0.1, 0.15) is 26.1 Å². The van der Waals surface area contributed by atoms with Crippen LogP contribution >= 0.6 is 11.8 Å². The third kappa shape index (κ3) is 6.21. The Labute approximate surface area is 123 Å². The Morgan fingerprint density at radius 1 is 1.40 bits per heavy atom. The quantitative estimate of drug-likeness (QED) is 0.425. The van der Waals surface area contributed by atoms with Gasteiger partial charge in [-0.15, -0.1) is 0 Å². The minimum absolute atomic E-state index is 0.231. The molecule has 1 N–H and O–H groups in total. The normalized spacial score (nSPS) is 10.3. The fourth-order valence-corrected chi connectivity index (χ4v) is 2.09. The second kappa shape index (κ2) is 9.55. The topological polar surface area (TPSA) is 73.3 Å². The lowest BCUT2D eigenvalue weighted by Crippen LogP contribution is -2.08. The van der Waals surface area contributed by atoms with Crippen molar-refractivity contribution in [2.75, 3.05) is 31.3 Å². The summed E-state index contributed by atoms with van der Waals surface area (Å²) >= 11 is 1.33. The summed E-state index contributed by atoms with van der Waals surface area (Å²) < 4.78 is 9.95. The lowest BCUT2D eigenvalue weighted by molar-refractivity contribution is -0.137. The van der Waals surface area contributed by atoms with Crippen LogP contribution in [0.25, 0.3) is 0 Å². The van der Waals surface area contributed by atoms with Gasteiger partial charge in [0.1, 0.15) is 17.5 Å². The van der Waals surface area contributed by atoms with Crippen LogP contribution in [0, 0.1) is 0 Å². The average molecular weight is 299 g/mol. The number of esters is 1. The van der Waals surface area contributed by atoms with Crippen LogP contribution in [0.4, 0.5) is 5.82 Å². The molecule has 1 heterocycles. The summed E-state index contributed by atoms with van der Waals surface area (Å²) in [6, 6.07) is 1.83. The number of rotatable bonds is 9. The third-order valence-electron chi connectivity index (χ3n) is 2.31. The van der Waals surface area contributed by atoms with Crippen molar-refractivity contribution in [2.45, 2.75) is 31.9 Å². The highest BCUT2D eigenvalue weighted by Crippen LogP contribution is 2.19. The lowest BCUT2D eigenvalue weighted by Gasteiger charge is -2.09. The van der Waals surface area contributed by atoms with Crippen molar-refractivity contribution in [2.24, 2.45) is 0 Å². The minimum atomic E-state index is -0.275. The van der Waals surface area contributed by atoms with Crippen molar-refractivity contribution >= 4 is 23.5 Å². The molecule has 0 aliphatic heterocycles. The second-order valence-corrected chi connectivity index (χ2v) is 4.93. The smallest absolute Gasteiger partial charge is 0.316 e. The summed E-state index contributed by atoms with van der Waals surface area (Å²) in [5.41, 5.74) is 0. The van der Waals surface area contributed by atoms with Gasteiger partial charge in [0.15, 0.2) is 5.82 Å². The van der Waals surface area contributed by atoms with Crippen LogP contribution in [-0.2, 0) is 20.9 Å². The molecule has 0 fully saturated rings. The van der Waals surface area contributed by atoms with Gasteiger partial charge in [-0.25, -0.2) is 9.97 Å². The Bertz CT molecular complexity index is 403. The van der Waals surface area contributed by atoms with Crippen LogP contribution < -0.4 is 5.32 Å². The number of hydrogen-bond donors (Lipinski definition) is 1. The zero-order valence-electron chi connectivity index (χ0n) is 12.1. The summed E-state index contributed by atoms with van der Waals surface area (Å²) in [6.07, 6.45) is 1.01. The maximum absolute atomic E-state index is 11.2. The third-order valence-corrected chi connectivity index (χ3v) is 3.19. The predicted molar refractivity (Wildman–Crippen MR) is 78.9 cm³/mol. The molecule has 0 saturated carbocycles. The predicted octanol–water partition coefficient (Wildman–Crippen LogP) is 2.10. The number of nitrogens with one attached hydrogen (secondary N) is 1. The van der Waals surface area contributed by atoms with E-state index in [0.29, 0.717) is 19.0 Å². The van der Waals surface area contributed by atoms with E-state index < -0.39 is 0 Å². The molecule has 0 aliphatic carbocycles. The van der Waals surface area contributed by atoms with E-state index in [9.17, 15) is 4.79 Å². The molecule has 6 nitrogen and oxygen atoms in total. The van der Waals surface area contributed by atoms with E-state index in [1.54, 1.807) is 0 Å². The Balaban J connectivity index is 2.76. The van der Waals surface area contributed by atoms with Crippen molar-refractivity contribution in [1.29, 1.82) is 0 Å². The fourth-order valence-electron chi connectivity index (χ4n) is 1.34. The Kier molecular flexibility index (Phi) is 7.98. The molecule has 0 amide bonds.